The number of hydrogen-bond acceptors (Lipinski definition) is 3. The SMILES string of the molecule is c1cc(-c2cccc3oc4c5ccccc5ccc4c23)cc(N(c2ccc(-c3cc4ccccc4c4ccccc34)cc2)c2ccc(-c3cccc4sc5ccccc5c34)cc2)c1. The molecule has 63 heavy (non-hydrogen) atoms. The van der Waals surface area contributed by atoms with Gasteiger partial charge in [-0.05, 0) is 127 Å². The second-order valence-electron chi connectivity index (χ2n) is 16.4. The number of anilines is 3. The first-order valence-electron chi connectivity index (χ1n) is 21.5. The lowest BCUT2D eigenvalue weighted by Crippen LogP contribution is -2.10. The molecule has 0 radical (unpaired) electrons. The second-order valence-corrected chi connectivity index (χ2v) is 17.5. The van der Waals surface area contributed by atoms with E-state index in [2.05, 4.69) is 229 Å². The van der Waals surface area contributed by atoms with Crippen LogP contribution in [0.3, 0.4) is 0 Å². The van der Waals surface area contributed by atoms with Gasteiger partial charge in [0.1, 0.15) is 11.2 Å². The summed E-state index contributed by atoms with van der Waals surface area (Å²) >= 11 is 1.86. The first-order chi connectivity index (χ1) is 31.2. The van der Waals surface area contributed by atoms with Crippen LogP contribution in [0.15, 0.2) is 229 Å². The van der Waals surface area contributed by atoms with Gasteiger partial charge in [0.25, 0.3) is 0 Å². The predicted octanol–water partition coefficient (Wildman–Crippen LogP) is 17.9. The van der Waals surface area contributed by atoms with E-state index >= 15 is 0 Å². The highest BCUT2D eigenvalue weighted by atomic mass is 32.1. The fraction of sp³-hybridized carbons (Fsp3) is 0. The molecule has 13 rings (SSSR count). The molecular weight excluding hydrogens is 783 g/mol. The summed E-state index contributed by atoms with van der Waals surface area (Å²) in [7, 11) is 0. The monoisotopic (exact) mass is 819 g/mol. The Kier molecular flexibility index (Phi) is 8.12. The van der Waals surface area contributed by atoms with E-state index in [1.165, 1.54) is 69.4 Å². The Bertz CT molecular complexity index is 3910. The predicted molar refractivity (Wildman–Crippen MR) is 270 cm³/mol. The Morgan fingerprint density at radius 2 is 0.921 bits per heavy atom. The molecule has 0 N–H and O–H groups in total. The van der Waals surface area contributed by atoms with Crippen LogP contribution in [0.25, 0.3) is 108 Å². The van der Waals surface area contributed by atoms with E-state index in [1.54, 1.807) is 0 Å². The van der Waals surface area contributed by atoms with Gasteiger partial charge in [-0.3, -0.25) is 0 Å². The van der Waals surface area contributed by atoms with Gasteiger partial charge in [0, 0.05) is 53.4 Å². The maximum absolute atomic E-state index is 6.63. The van der Waals surface area contributed by atoms with Gasteiger partial charge in [-0.15, -0.1) is 11.3 Å². The van der Waals surface area contributed by atoms with E-state index < -0.39 is 0 Å². The standard InChI is InChI=1S/C60H37NOS/c1-4-17-49-38(12-1)30-35-53-58-48(21-10-23-55(58)62-60(49)53)41-14-9-15-45(36-41)61(43-31-26-39(27-32-43)47-22-11-25-57-59(47)52-20-7-8-24-56(52)63-57)44-33-28-40(29-34-44)54-37-42-13-2-3-16-46(42)50-18-5-6-19-51(50)54/h1-37H. The fourth-order valence-corrected chi connectivity index (χ4v) is 11.1. The molecule has 2 nitrogen and oxygen atoms in total. The molecule has 0 saturated heterocycles. The summed E-state index contributed by atoms with van der Waals surface area (Å²) in [5, 5.41) is 12.2. The van der Waals surface area contributed by atoms with Gasteiger partial charge in [0.2, 0.25) is 0 Å². The number of rotatable bonds is 6. The van der Waals surface area contributed by atoms with Crippen LogP contribution in [0, 0.1) is 0 Å². The molecule has 11 aromatic carbocycles. The Morgan fingerprint density at radius 1 is 0.317 bits per heavy atom. The number of hydrogen-bond donors (Lipinski definition) is 0. The molecule has 0 amide bonds. The maximum atomic E-state index is 6.63. The Hall–Kier alpha value is -7.98. The highest BCUT2D eigenvalue weighted by Gasteiger charge is 2.19. The summed E-state index contributed by atoms with van der Waals surface area (Å²) in [5.74, 6) is 0. The summed E-state index contributed by atoms with van der Waals surface area (Å²) in [5.41, 5.74) is 12.2. The minimum Gasteiger partial charge on any atom is -0.455 e. The summed E-state index contributed by atoms with van der Waals surface area (Å²) in [4.78, 5) is 2.39. The minimum absolute atomic E-state index is 0.891. The van der Waals surface area contributed by atoms with Crippen LogP contribution in [0.5, 0.6) is 0 Å². The first kappa shape index (κ1) is 35.7. The highest BCUT2D eigenvalue weighted by molar-refractivity contribution is 7.25. The molecule has 0 aliphatic carbocycles. The molecular formula is C60H37NOS. The normalized spacial score (nSPS) is 11.8. The summed E-state index contributed by atoms with van der Waals surface area (Å²) in [6.07, 6.45) is 0. The van der Waals surface area contributed by atoms with Crippen LogP contribution in [0.2, 0.25) is 0 Å². The third-order valence-corrected chi connectivity index (χ3v) is 14.0. The smallest absolute Gasteiger partial charge is 0.143 e. The van der Waals surface area contributed by atoms with Crippen molar-refractivity contribution < 1.29 is 4.42 Å². The zero-order valence-electron chi connectivity index (χ0n) is 34.1. The summed E-state index contributed by atoms with van der Waals surface area (Å²) in [6.45, 7) is 0. The number of nitrogens with zero attached hydrogens (tertiary/aromatic N) is 1. The molecule has 0 bridgehead atoms. The van der Waals surface area contributed by atoms with Gasteiger partial charge >= 0.3 is 0 Å². The maximum Gasteiger partial charge on any atom is 0.143 e. The van der Waals surface area contributed by atoms with Crippen LogP contribution in [0.4, 0.5) is 17.1 Å². The average molecular weight is 820 g/mol. The van der Waals surface area contributed by atoms with E-state index in [4.69, 9.17) is 4.42 Å². The van der Waals surface area contributed by atoms with Crippen LogP contribution >= 0.6 is 11.3 Å². The van der Waals surface area contributed by atoms with E-state index in [1.807, 2.05) is 11.3 Å². The molecule has 0 atom stereocenters. The van der Waals surface area contributed by atoms with Gasteiger partial charge in [0.05, 0.1) is 0 Å². The molecule has 3 heteroatoms. The van der Waals surface area contributed by atoms with Crippen LogP contribution in [-0.4, -0.2) is 0 Å². The van der Waals surface area contributed by atoms with Crippen molar-refractivity contribution in [2.45, 2.75) is 0 Å². The number of thiophene rings is 1. The minimum atomic E-state index is 0.891. The number of furan rings is 1. The van der Waals surface area contributed by atoms with E-state index in [9.17, 15) is 0 Å². The summed E-state index contributed by atoms with van der Waals surface area (Å²) in [6, 6.07) is 81.7. The van der Waals surface area contributed by atoms with Gasteiger partial charge in [-0.25, -0.2) is 0 Å². The third kappa shape index (κ3) is 5.78. The number of fused-ring (bicyclic) bond motifs is 11. The second kappa shape index (κ2) is 14.3. The van der Waals surface area contributed by atoms with E-state index in [0.29, 0.717) is 0 Å². The van der Waals surface area contributed by atoms with Crippen molar-refractivity contribution in [3.05, 3.63) is 224 Å². The van der Waals surface area contributed by atoms with Crippen molar-refractivity contribution in [2.24, 2.45) is 0 Å². The largest absolute Gasteiger partial charge is 0.455 e. The first-order valence-corrected chi connectivity index (χ1v) is 22.3. The molecule has 0 spiro atoms. The van der Waals surface area contributed by atoms with E-state index in [0.717, 1.165) is 55.5 Å². The molecule has 2 heterocycles. The molecule has 0 unspecified atom stereocenters. The quantitative estimate of drug-likeness (QED) is 0.155. The third-order valence-electron chi connectivity index (χ3n) is 12.8. The molecule has 0 fully saturated rings. The van der Waals surface area contributed by atoms with Crippen molar-refractivity contribution in [2.75, 3.05) is 4.90 Å². The van der Waals surface area contributed by atoms with Crippen LogP contribution < -0.4 is 4.90 Å². The highest BCUT2D eigenvalue weighted by Crippen LogP contribution is 2.45. The van der Waals surface area contributed by atoms with Crippen molar-refractivity contribution >= 4 is 103 Å². The lowest BCUT2D eigenvalue weighted by Gasteiger charge is -2.26. The molecule has 0 aliphatic heterocycles. The van der Waals surface area contributed by atoms with Crippen molar-refractivity contribution in [3.8, 4) is 33.4 Å². The van der Waals surface area contributed by atoms with Crippen molar-refractivity contribution in [3.63, 3.8) is 0 Å². The summed E-state index contributed by atoms with van der Waals surface area (Å²) < 4.78 is 9.25. The molecule has 294 valence electrons. The van der Waals surface area contributed by atoms with E-state index in [-0.39, 0.29) is 0 Å². The van der Waals surface area contributed by atoms with Crippen LogP contribution in [0.1, 0.15) is 0 Å². The average Bonchev–Trinajstić information content (AvgIpc) is 3.94. The lowest BCUT2D eigenvalue weighted by molar-refractivity contribution is 0.673. The molecule has 2 aromatic heterocycles. The lowest BCUT2D eigenvalue weighted by atomic mass is 9.93. The van der Waals surface area contributed by atoms with Gasteiger partial charge in [0.15, 0.2) is 0 Å². The van der Waals surface area contributed by atoms with Crippen LogP contribution in [-0.2, 0) is 0 Å². The van der Waals surface area contributed by atoms with Gasteiger partial charge < -0.3 is 9.32 Å². The topological polar surface area (TPSA) is 16.4 Å². The van der Waals surface area contributed by atoms with Crippen molar-refractivity contribution in [1.82, 2.24) is 0 Å². The zero-order chi connectivity index (χ0) is 41.4. The fourth-order valence-electron chi connectivity index (χ4n) is 9.94. The Labute approximate surface area is 368 Å². The Balaban J connectivity index is 0.963. The van der Waals surface area contributed by atoms with Crippen molar-refractivity contribution in [1.29, 1.82) is 0 Å². The molecule has 0 aliphatic rings. The Morgan fingerprint density at radius 3 is 1.71 bits per heavy atom. The molecule has 13 aromatic rings. The molecule has 0 saturated carbocycles. The van der Waals surface area contributed by atoms with Gasteiger partial charge in [-0.1, -0.05) is 158 Å². The van der Waals surface area contributed by atoms with Gasteiger partial charge in [-0.2, -0.15) is 0 Å². The zero-order valence-corrected chi connectivity index (χ0v) is 34.9. The number of benzene rings is 11.